The van der Waals surface area contributed by atoms with Crippen LogP contribution in [0.2, 0.25) is 5.02 Å². The molecule has 0 spiro atoms. The second-order valence-corrected chi connectivity index (χ2v) is 2.66. The van der Waals surface area contributed by atoms with Crippen molar-refractivity contribution < 1.29 is 0 Å². The first kappa shape index (κ1) is 14.5. The van der Waals surface area contributed by atoms with Crippen LogP contribution in [-0.4, -0.2) is 4.98 Å². The van der Waals surface area contributed by atoms with Crippen molar-refractivity contribution in [3.63, 3.8) is 0 Å². The van der Waals surface area contributed by atoms with Crippen LogP contribution in [0, 0.1) is 0 Å². The molecule has 0 bridgehead atoms. The minimum absolute atomic E-state index is 0. The van der Waals surface area contributed by atoms with Crippen molar-refractivity contribution in [3.8, 4) is 0 Å². The van der Waals surface area contributed by atoms with E-state index >= 15 is 0 Å². The van der Waals surface area contributed by atoms with Crippen molar-refractivity contribution in [2.24, 2.45) is 5.73 Å². The Hall–Kier alpha value is -0.0200. The van der Waals surface area contributed by atoms with Crippen LogP contribution in [0.25, 0.3) is 0 Å². The summed E-state index contributed by atoms with van der Waals surface area (Å²) in [6, 6.07) is 1.82. The summed E-state index contributed by atoms with van der Waals surface area (Å²) in [6.45, 7) is 1.90. The van der Waals surface area contributed by atoms with Gasteiger partial charge in [0.1, 0.15) is 0 Å². The molecule has 2 N–H and O–H groups in total. The van der Waals surface area contributed by atoms with Gasteiger partial charge in [0, 0.05) is 18.4 Å². The molecule has 1 atom stereocenters. The third kappa shape index (κ3) is 4.12. The van der Waals surface area contributed by atoms with Crippen LogP contribution in [0.1, 0.15) is 18.5 Å². The van der Waals surface area contributed by atoms with E-state index in [1.165, 1.54) is 0 Å². The van der Waals surface area contributed by atoms with Crippen molar-refractivity contribution in [3.05, 3.63) is 29.0 Å². The summed E-state index contributed by atoms with van der Waals surface area (Å²) in [4.78, 5) is 3.89. The predicted octanol–water partition coefficient (Wildman–Crippen LogP) is 2.60. The third-order valence-electron chi connectivity index (χ3n) is 1.25. The Morgan fingerprint density at radius 1 is 1.42 bits per heavy atom. The maximum atomic E-state index is 5.67. The summed E-state index contributed by atoms with van der Waals surface area (Å²) in [5.41, 5.74) is 6.55. The highest BCUT2D eigenvalue weighted by atomic mass is 35.5. The number of halogens is 3. The largest absolute Gasteiger partial charge is 0.324 e. The highest BCUT2D eigenvalue weighted by Gasteiger charge is 1.98. The topological polar surface area (TPSA) is 38.9 Å². The van der Waals surface area contributed by atoms with E-state index < -0.39 is 0 Å². The first-order valence-electron chi connectivity index (χ1n) is 3.06. The lowest BCUT2D eigenvalue weighted by Gasteiger charge is -2.03. The van der Waals surface area contributed by atoms with Gasteiger partial charge in [-0.15, -0.1) is 24.8 Å². The highest BCUT2D eigenvalue weighted by molar-refractivity contribution is 6.30. The van der Waals surface area contributed by atoms with Crippen molar-refractivity contribution in [1.29, 1.82) is 0 Å². The fraction of sp³-hybridized carbons (Fsp3) is 0.286. The number of aromatic nitrogens is 1. The quantitative estimate of drug-likeness (QED) is 0.804. The number of rotatable bonds is 1. The average molecular weight is 230 g/mol. The van der Waals surface area contributed by atoms with Gasteiger partial charge in [-0.3, -0.25) is 4.98 Å². The monoisotopic (exact) mass is 228 g/mol. The second kappa shape index (κ2) is 6.49. The van der Waals surface area contributed by atoms with E-state index in [1.807, 2.05) is 13.0 Å². The zero-order valence-electron chi connectivity index (χ0n) is 6.53. The Bertz CT molecular complexity index is 228. The van der Waals surface area contributed by atoms with Crippen LogP contribution in [0.3, 0.4) is 0 Å². The Morgan fingerprint density at radius 3 is 2.33 bits per heavy atom. The number of nitrogens with two attached hydrogens (primary N) is 1. The molecule has 0 aromatic carbocycles. The summed E-state index contributed by atoms with van der Waals surface area (Å²) in [5, 5.41) is 0.634. The molecule has 12 heavy (non-hydrogen) atoms. The molecule has 0 saturated carbocycles. The Balaban J connectivity index is 0. The van der Waals surface area contributed by atoms with Crippen molar-refractivity contribution in [2.45, 2.75) is 13.0 Å². The molecule has 0 amide bonds. The molecule has 0 radical (unpaired) electrons. The molecule has 0 aliphatic rings. The van der Waals surface area contributed by atoms with Crippen molar-refractivity contribution >= 4 is 36.4 Å². The van der Waals surface area contributed by atoms with E-state index in [1.54, 1.807) is 12.4 Å². The second-order valence-electron chi connectivity index (χ2n) is 2.23. The minimum Gasteiger partial charge on any atom is -0.324 e. The van der Waals surface area contributed by atoms with Crippen LogP contribution in [0.4, 0.5) is 0 Å². The molecule has 0 saturated heterocycles. The van der Waals surface area contributed by atoms with Gasteiger partial charge in [-0.05, 0) is 18.6 Å². The van der Waals surface area contributed by atoms with Gasteiger partial charge in [0.2, 0.25) is 0 Å². The normalized spacial score (nSPS) is 10.9. The average Bonchev–Trinajstić information content (AvgIpc) is 1.88. The lowest BCUT2D eigenvalue weighted by molar-refractivity contribution is 0.812. The maximum Gasteiger partial charge on any atom is 0.0592 e. The first-order valence-corrected chi connectivity index (χ1v) is 3.44. The van der Waals surface area contributed by atoms with Crippen molar-refractivity contribution in [1.82, 2.24) is 4.98 Å². The van der Waals surface area contributed by atoms with Gasteiger partial charge in [0.05, 0.1) is 5.02 Å². The van der Waals surface area contributed by atoms with E-state index in [2.05, 4.69) is 4.98 Å². The standard InChI is InChI=1S/C7H9ClN2.2ClH/c1-5(9)6-2-7(8)4-10-3-6;;/h2-5H,9H2,1H3;2*1H. The fourth-order valence-corrected chi connectivity index (χ4v) is 0.860. The molecule has 1 heterocycles. The van der Waals surface area contributed by atoms with E-state index in [0.29, 0.717) is 5.02 Å². The lowest BCUT2D eigenvalue weighted by Crippen LogP contribution is -2.04. The van der Waals surface area contributed by atoms with Crippen LogP contribution in [-0.2, 0) is 0 Å². The SMILES string of the molecule is CC(N)c1cncc(Cl)c1.Cl.Cl. The molecule has 2 nitrogen and oxygen atoms in total. The highest BCUT2D eigenvalue weighted by Crippen LogP contribution is 2.12. The van der Waals surface area contributed by atoms with E-state index in [4.69, 9.17) is 17.3 Å². The number of pyridine rings is 1. The molecule has 1 unspecified atom stereocenters. The molecule has 1 aromatic heterocycles. The maximum absolute atomic E-state index is 5.67. The van der Waals surface area contributed by atoms with Crippen LogP contribution in [0.5, 0.6) is 0 Å². The summed E-state index contributed by atoms with van der Waals surface area (Å²) >= 11 is 5.67. The van der Waals surface area contributed by atoms with Gasteiger partial charge in [-0.2, -0.15) is 0 Å². The zero-order chi connectivity index (χ0) is 7.56. The van der Waals surface area contributed by atoms with Crippen molar-refractivity contribution in [2.75, 3.05) is 0 Å². The number of hydrogen-bond donors (Lipinski definition) is 1. The first-order chi connectivity index (χ1) is 4.70. The lowest BCUT2D eigenvalue weighted by atomic mass is 10.2. The number of hydrogen-bond acceptors (Lipinski definition) is 2. The Morgan fingerprint density at radius 2 is 2.00 bits per heavy atom. The van der Waals surface area contributed by atoms with Gasteiger partial charge >= 0.3 is 0 Å². The molecule has 70 valence electrons. The van der Waals surface area contributed by atoms with Gasteiger partial charge in [-0.25, -0.2) is 0 Å². The molecule has 0 aliphatic heterocycles. The Kier molecular flexibility index (Phi) is 7.84. The van der Waals surface area contributed by atoms with Gasteiger partial charge in [0.15, 0.2) is 0 Å². The zero-order valence-corrected chi connectivity index (χ0v) is 8.92. The summed E-state index contributed by atoms with van der Waals surface area (Å²) in [7, 11) is 0. The predicted molar refractivity (Wildman–Crippen MR) is 56.3 cm³/mol. The van der Waals surface area contributed by atoms with Crippen LogP contribution < -0.4 is 5.73 Å². The smallest absolute Gasteiger partial charge is 0.0592 e. The molecule has 0 fully saturated rings. The third-order valence-corrected chi connectivity index (χ3v) is 1.46. The molecule has 0 aliphatic carbocycles. The van der Waals surface area contributed by atoms with E-state index in [-0.39, 0.29) is 30.9 Å². The van der Waals surface area contributed by atoms with E-state index in [0.717, 1.165) is 5.56 Å². The molecular formula is C7H11Cl3N2. The van der Waals surface area contributed by atoms with Gasteiger partial charge < -0.3 is 5.73 Å². The van der Waals surface area contributed by atoms with Crippen LogP contribution >= 0.6 is 36.4 Å². The number of nitrogens with zero attached hydrogens (tertiary/aromatic N) is 1. The molecular weight excluding hydrogens is 218 g/mol. The minimum atomic E-state index is 0. The molecule has 1 rings (SSSR count). The van der Waals surface area contributed by atoms with Gasteiger partial charge in [0.25, 0.3) is 0 Å². The van der Waals surface area contributed by atoms with Gasteiger partial charge in [-0.1, -0.05) is 11.6 Å². The fourth-order valence-electron chi connectivity index (χ4n) is 0.677. The van der Waals surface area contributed by atoms with E-state index in [9.17, 15) is 0 Å². The molecule has 5 heteroatoms. The molecule has 1 aromatic rings. The Labute approximate surface area is 89.3 Å². The summed E-state index contributed by atoms with van der Waals surface area (Å²) in [6.07, 6.45) is 3.31. The summed E-state index contributed by atoms with van der Waals surface area (Å²) < 4.78 is 0. The van der Waals surface area contributed by atoms with Crippen LogP contribution in [0.15, 0.2) is 18.5 Å². The summed E-state index contributed by atoms with van der Waals surface area (Å²) in [5.74, 6) is 0.